The van der Waals surface area contributed by atoms with Crippen LogP contribution in [0.25, 0.3) is 0 Å². The molecule has 1 unspecified atom stereocenters. The molecule has 0 aromatic carbocycles. The number of hydrogen-bond acceptors (Lipinski definition) is 2. The van der Waals surface area contributed by atoms with Crippen LogP contribution in [0.5, 0.6) is 0 Å². The topological polar surface area (TPSA) is 6.48 Å². The summed E-state index contributed by atoms with van der Waals surface area (Å²) in [5.74, 6) is 1.19. The van der Waals surface area contributed by atoms with Crippen LogP contribution >= 0.6 is 0 Å². The monoisotopic (exact) mass is 482 g/mol. The normalized spacial score (nSPS) is 17.8. The summed E-state index contributed by atoms with van der Waals surface area (Å²) in [4.78, 5) is 5.00. The molecule has 0 saturated heterocycles. The molecule has 1 aliphatic carbocycles. The van der Waals surface area contributed by atoms with E-state index in [1.165, 1.54) is 114 Å². The van der Waals surface area contributed by atoms with Gasteiger partial charge in [-0.3, -0.25) is 0 Å². The predicted molar refractivity (Wildman–Crippen MR) is 157 cm³/mol. The second kappa shape index (κ2) is 21.6. The van der Waals surface area contributed by atoms with E-state index >= 15 is 0 Å². The summed E-state index contributed by atoms with van der Waals surface area (Å²) in [6.45, 7) is 14.8. The maximum atomic E-state index is 4.08. The Labute approximate surface area is 219 Å². The van der Waals surface area contributed by atoms with E-state index in [0.29, 0.717) is 6.04 Å². The first-order valence-corrected chi connectivity index (χ1v) is 15.3. The molecule has 0 spiro atoms. The molecule has 2 bridgehead atoms. The first-order chi connectivity index (χ1) is 17.3. The van der Waals surface area contributed by atoms with Gasteiger partial charge in [0.15, 0.2) is 5.82 Å². The predicted octanol–water partition coefficient (Wildman–Crippen LogP) is 10.3. The Hall–Kier alpha value is -1.66. The van der Waals surface area contributed by atoms with Crippen molar-refractivity contribution in [1.29, 1.82) is 0 Å². The molecule has 1 aliphatic heterocycles. The highest BCUT2D eigenvalue weighted by Gasteiger charge is 2.29. The van der Waals surface area contributed by atoms with Gasteiger partial charge in [-0.05, 0) is 31.4 Å². The van der Waals surface area contributed by atoms with Crippen LogP contribution in [0.2, 0.25) is 0 Å². The second-order valence-corrected chi connectivity index (χ2v) is 9.98. The van der Waals surface area contributed by atoms with Crippen molar-refractivity contribution in [2.45, 2.75) is 143 Å². The van der Waals surface area contributed by atoms with E-state index in [4.69, 9.17) is 0 Å². The van der Waals surface area contributed by atoms with E-state index in [-0.39, 0.29) is 0 Å². The van der Waals surface area contributed by atoms with Crippen LogP contribution in [0, 0.1) is 0 Å². The highest BCUT2D eigenvalue weighted by molar-refractivity contribution is 5.32. The maximum Gasteiger partial charge on any atom is 0.153 e. The Bertz CT molecular complexity index is 650. The lowest BCUT2D eigenvalue weighted by atomic mass is 10.0. The van der Waals surface area contributed by atoms with Gasteiger partial charge in [0.25, 0.3) is 0 Å². The molecule has 0 fully saturated rings. The molecule has 2 heteroatoms. The van der Waals surface area contributed by atoms with Crippen molar-refractivity contribution in [3.63, 3.8) is 0 Å². The van der Waals surface area contributed by atoms with Crippen LogP contribution in [-0.2, 0) is 0 Å². The van der Waals surface area contributed by atoms with Crippen LogP contribution in [-0.4, -0.2) is 28.9 Å². The van der Waals surface area contributed by atoms with Crippen molar-refractivity contribution in [3.8, 4) is 0 Å². The molecule has 0 amide bonds. The van der Waals surface area contributed by atoms with Crippen molar-refractivity contribution in [3.05, 3.63) is 54.2 Å². The number of fused-ring (bicyclic) bond motifs is 1. The van der Waals surface area contributed by atoms with E-state index in [2.05, 4.69) is 66.3 Å². The Morgan fingerprint density at radius 2 is 1.29 bits per heavy atom. The molecule has 2 rings (SSSR count). The molecule has 0 radical (unpaired) electrons. The third-order valence-electron chi connectivity index (χ3n) is 7.14. The van der Waals surface area contributed by atoms with E-state index in [1.807, 2.05) is 13.8 Å². The number of rotatable bonds is 18. The third-order valence-corrected chi connectivity index (χ3v) is 7.14. The smallest absolute Gasteiger partial charge is 0.153 e. The fourth-order valence-electron chi connectivity index (χ4n) is 5.10. The molecular formula is C33H58N2. The van der Waals surface area contributed by atoms with Crippen molar-refractivity contribution < 1.29 is 0 Å². The lowest BCUT2D eigenvalue weighted by Crippen LogP contribution is -2.45. The Morgan fingerprint density at radius 3 is 1.83 bits per heavy atom. The SMILES string of the molecule is C=C=C1N(CCCCCCCCCCCCCCCC)C2=CC(CC=C/C=C\2)N1CCCC.CC. The van der Waals surface area contributed by atoms with Crippen molar-refractivity contribution in [2.24, 2.45) is 0 Å². The molecule has 35 heavy (non-hydrogen) atoms. The maximum absolute atomic E-state index is 4.08. The van der Waals surface area contributed by atoms with Gasteiger partial charge in [-0.25, -0.2) is 0 Å². The van der Waals surface area contributed by atoms with Crippen LogP contribution in [0.15, 0.2) is 54.2 Å². The minimum atomic E-state index is 0.435. The first kappa shape index (κ1) is 31.4. The minimum absolute atomic E-state index is 0.435. The average molecular weight is 483 g/mol. The van der Waals surface area contributed by atoms with Gasteiger partial charge in [-0.2, -0.15) is 0 Å². The standard InChI is InChI=1S/C31H52N2.C2H6/c1-4-7-9-10-11-12-13-14-15-16-17-18-19-23-27-33-30-25-22-20-21-24-29(28-30)32(26-8-5-2)31(33)6-3;1-2/h20-22,25,28-29H,3-5,7-19,23-24,26-27H2,1-2H3;1-2H3/b21-20?,25-22-;. The average Bonchev–Trinajstić information content (AvgIpc) is 2.87. The first-order valence-electron chi connectivity index (χ1n) is 15.3. The van der Waals surface area contributed by atoms with E-state index in [1.54, 1.807) is 0 Å². The highest BCUT2D eigenvalue weighted by Crippen LogP contribution is 2.30. The van der Waals surface area contributed by atoms with Crippen molar-refractivity contribution in [2.75, 3.05) is 13.1 Å². The van der Waals surface area contributed by atoms with Crippen LogP contribution in [0.4, 0.5) is 0 Å². The van der Waals surface area contributed by atoms with Gasteiger partial charge >= 0.3 is 0 Å². The zero-order valence-corrected chi connectivity index (χ0v) is 24.0. The van der Waals surface area contributed by atoms with Crippen LogP contribution in [0.1, 0.15) is 137 Å². The number of nitrogens with zero attached hydrogens (tertiary/aromatic N) is 2. The fourth-order valence-corrected chi connectivity index (χ4v) is 5.10. The lowest BCUT2D eigenvalue weighted by Gasteiger charge is -2.43. The van der Waals surface area contributed by atoms with E-state index in [9.17, 15) is 0 Å². The Balaban J connectivity index is 0.00000298. The lowest BCUT2D eigenvalue weighted by molar-refractivity contribution is 0.185. The largest absolute Gasteiger partial charge is 0.345 e. The summed E-state index contributed by atoms with van der Waals surface area (Å²) in [7, 11) is 0. The zero-order chi connectivity index (χ0) is 25.6. The molecule has 2 nitrogen and oxygen atoms in total. The molecule has 1 atom stereocenters. The quantitative estimate of drug-likeness (QED) is 0.142. The van der Waals surface area contributed by atoms with Gasteiger partial charge in [0, 0.05) is 18.8 Å². The van der Waals surface area contributed by atoms with Crippen molar-refractivity contribution >= 4 is 0 Å². The zero-order valence-electron chi connectivity index (χ0n) is 24.0. The van der Waals surface area contributed by atoms with Gasteiger partial charge in [0.2, 0.25) is 0 Å². The number of hydrogen-bond donors (Lipinski definition) is 0. The second-order valence-electron chi connectivity index (χ2n) is 9.98. The molecule has 200 valence electrons. The summed E-state index contributed by atoms with van der Waals surface area (Å²) in [5.41, 5.74) is 4.64. The molecular weight excluding hydrogens is 424 g/mol. The molecule has 2 aliphatic rings. The summed E-state index contributed by atoms with van der Waals surface area (Å²) in [6, 6.07) is 0.435. The van der Waals surface area contributed by atoms with Crippen LogP contribution in [0.3, 0.4) is 0 Å². The molecule has 0 aromatic heterocycles. The third kappa shape index (κ3) is 12.7. The van der Waals surface area contributed by atoms with Gasteiger partial charge in [-0.15, -0.1) is 0 Å². The molecule has 0 aromatic rings. The molecule has 1 heterocycles. The number of allylic oxidation sites excluding steroid dienone is 3. The van der Waals surface area contributed by atoms with E-state index in [0.717, 1.165) is 19.5 Å². The Morgan fingerprint density at radius 1 is 0.743 bits per heavy atom. The van der Waals surface area contributed by atoms with Gasteiger partial charge in [-0.1, -0.05) is 148 Å². The van der Waals surface area contributed by atoms with Gasteiger partial charge < -0.3 is 9.80 Å². The molecule has 0 N–H and O–H groups in total. The summed E-state index contributed by atoms with van der Waals surface area (Å²) in [6.07, 6.45) is 34.6. The van der Waals surface area contributed by atoms with Crippen LogP contribution < -0.4 is 0 Å². The summed E-state index contributed by atoms with van der Waals surface area (Å²) in [5, 5.41) is 0. The number of unbranched alkanes of at least 4 members (excludes halogenated alkanes) is 14. The Kier molecular flexibility index (Phi) is 19.4. The van der Waals surface area contributed by atoms with Gasteiger partial charge in [0.05, 0.1) is 6.04 Å². The fraction of sp³-hybridized carbons (Fsp3) is 0.727. The van der Waals surface area contributed by atoms with E-state index < -0.39 is 0 Å². The molecule has 0 saturated carbocycles. The van der Waals surface area contributed by atoms with Crippen molar-refractivity contribution in [1.82, 2.24) is 9.80 Å². The van der Waals surface area contributed by atoms with Gasteiger partial charge in [0.1, 0.15) is 0 Å². The summed E-state index contributed by atoms with van der Waals surface area (Å²) < 4.78 is 0. The highest BCUT2D eigenvalue weighted by atomic mass is 15.4. The minimum Gasteiger partial charge on any atom is -0.345 e. The summed E-state index contributed by atoms with van der Waals surface area (Å²) >= 11 is 0.